The van der Waals surface area contributed by atoms with Crippen molar-refractivity contribution in [1.82, 2.24) is 0 Å². The Morgan fingerprint density at radius 2 is 0.275 bits per heavy atom. The molecule has 0 N–H and O–H groups in total. The fraction of sp³-hybridized carbons (Fsp3) is 0.326. The van der Waals surface area contributed by atoms with Crippen molar-refractivity contribution in [3.63, 3.8) is 0 Å². The van der Waals surface area contributed by atoms with Crippen LogP contribution in [0.5, 0.6) is 0 Å². The van der Waals surface area contributed by atoms with Gasteiger partial charge in [0.25, 0.3) is 0 Å². The van der Waals surface area contributed by atoms with E-state index in [1.165, 1.54) is 0 Å². The fourth-order valence-corrected chi connectivity index (χ4v) is 119. The molecule has 0 saturated carbocycles. The average Bonchev–Trinajstić information content (AvgIpc) is 0.704. The Kier molecular flexibility index (Phi) is 35.7. The van der Waals surface area contributed by atoms with Crippen LogP contribution in [0, 0.1) is 0 Å². The Morgan fingerprint density at radius 3 is 0.405 bits per heavy atom. The highest BCUT2D eigenvalue weighted by Gasteiger charge is 2.67. The highest BCUT2D eigenvalue weighted by molar-refractivity contribution is 7.15. The third-order valence-electron chi connectivity index (χ3n) is 20.4. The molecule has 0 radical (unpaired) electrons. The van der Waals surface area contributed by atoms with Crippen LogP contribution in [0.1, 0.15) is 0 Å². The van der Waals surface area contributed by atoms with Crippen LogP contribution < -0.4 is 51.9 Å². The molecule has 0 aliphatic heterocycles. The predicted octanol–water partition coefficient (Wildman–Crippen LogP) is 17.6. The summed E-state index contributed by atoms with van der Waals surface area (Å²) in [5.74, 6) is 0. The molecule has 0 amide bonds. The summed E-state index contributed by atoms with van der Waals surface area (Å²) in [4.78, 5) is 0. The molecular weight excluding hydrogens is 1970 g/mol. The summed E-state index contributed by atoms with van der Waals surface area (Å²) in [6.07, 6.45) is 0. The molecule has 0 bridgehead atoms. The summed E-state index contributed by atoms with van der Waals surface area (Å²) in [6.45, 7) is 67.2. The maximum absolute atomic E-state index is 9.32. The lowest BCUT2D eigenvalue weighted by Gasteiger charge is -2.51. The Hall–Kier alpha value is -4.48. The first-order chi connectivity index (χ1) is 60.8. The highest BCUT2D eigenvalue weighted by Crippen LogP contribution is 2.37. The molecule has 0 heterocycles. The van der Waals surface area contributed by atoms with Crippen molar-refractivity contribution in [2.75, 3.05) is 0 Å². The molecule has 10 rings (SSSR count). The van der Waals surface area contributed by atoms with Crippen LogP contribution >= 0.6 is 0 Å². The summed E-state index contributed by atoms with van der Waals surface area (Å²) in [5, 5.41) is 8.35. The standard InChI is InChI=1S/C92H144O19Si20/c1-32-113(4,5)94-127(83-63-43-33-44-64-83,84-65-45-34-46-66-84)108-129(87-71-51-37-52-72-87,88-73-53-38-54-74-88)110-131(91-79-59-41-60-80-91,92-81-61-42-62-82-92)111-130(89-75-55-39-56-76-89,90-77-57-40-58-78-90)109-128(85-67-47-35-48-68-85,86-69-49-36-50-70-86)107-126(30,31)106-125(28,29)105-124(26,27)104-123(24,25)103-122(22,23)102-121(20,21)101-120(18,19)100-119(16,17)99-118(14,15)98-117(12,13)97-116(10,11)96-115(8,9)95-114(6,7)93-112(2)3/h32-82,112H,1H2,2-31H3. The highest BCUT2D eigenvalue weighted by atomic mass is 28.6. The average molecular weight is 2120 g/mol. The zero-order valence-corrected chi connectivity index (χ0v) is 103. The topological polar surface area (TPSA) is 175 Å². The summed E-state index contributed by atoms with van der Waals surface area (Å²) >= 11 is 0. The van der Waals surface area contributed by atoms with Crippen molar-refractivity contribution in [3.8, 4) is 0 Å². The minimum atomic E-state index is -4.71. The fourth-order valence-electron chi connectivity index (χ4n) is 18.2. The van der Waals surface area contributed by atoms with Gasteiger partial charge in [-0.2, -0.15) is 0 Å². The molecule has 0 atom stereocenters. The summed E-state index contributed by atoms with van der Waals surface area (Å²) in [7, 11) is -65.7. The lowest BCUT2D eigenvalue weighted by atomic mass is 10.4. The van der Waals surface area contributed by atoms with E-state index in [0.29, 0.717) is 0 Å². The molecule has 0 saturated heterocycles. The van der Waals surface area contributed by atoms with Gasteiger partial charge in [0.2, 0.25) is 8.32 Å². The number of hydrogen-bond acceptors (Lipinski definition) is 19. The molecule has 0 aliphatic carbocycles. The van der Waals surface area contributed by atoms with Crippen LogP contribution in [-0.2, 0) is 78.2 Å². The Bertz CT molecular complexity index is 5050. The van der Waals surface area contributed by atoms with Gasteiger partial charge < -0.3 is 78.2 Å². The molecular formula is C92H144O19Si20. The molecule has 0 aliphatic rings. The van der Waals surface area contributed by atoms with E-state index in [4.69, 9.17) is 70.0 Å². The van der Waals surface area contributed by atoms with E-state index in [2.05, 4.69) is 446 Å². The summed E-state index contributed by atoms with van der Waals surface area (Å²) in [5.41, 5.74) is 2.00. The maximum atomic E-state index is 9.32. The second-order valence-corrected chi connectivity index (χ2v) is 109. The molecule has 19 nitrogen and oxygen atoms in total. The third kappa shape index (κ3) is 30.3. The van der Waals surface area contributed by atoms with E-state index in [-0.39, 0.29) is 0 Å². The van der Waals surface area contributed by atoms with Crippen LogP contribution in [0.2, 0.25) is 196 Å². The van der Waals surface area contributed by atoms with Crippen molar-refractivity contribution in [3.05, 3.63) is 316 Å². The minimum absolute atomic E-state index is 0.803. The zero-order valence-electron chi connectivity index (χ0n) is 83.0. The zero-order chi connectivity index (χ0) is 96.3. The Labute approximate surface area is 806 Å². The lowest BCUT2D eigenvalue weighted by Crippen LogP contribution is -2.85. The molecule has 0 spiro atoms. The summed E-state index contributed by atoms with van der Waals surface area (Å²) in [6, 6.07) is 105. The first kappa shape index (κ1) is 109. The normalized spacial score (nSPS) is 14.1. The molecule has 0 fully saturated rings. The minimum Gasteiger partial charge on any atom is -0.440 e. The first-order valence-corrected chi connectivity index (χ1v) is 96.7. The van der Waals surface area contributed by atoms with Crippen molar-refractivity contribution >= 4 is 223 Å². The van der Waals surface area contributed by atoms with E-state index in [1.54, 1.807) is 0 Å². The van der Waals surface area contributed by atoms with Gasteiger partial charge >= 0.3 is 154 Å². The van der Waals surface area contributed by atoms with Crippen molar-refractivity contribution in [1.29, 1.82) is 0 Å². The third-order valence-corrected chi connectivity index (χ3v) is 99.2. The van der Waals surface area contributed by atoms with Gasteiger partial charge in [0.1, 0.15) is 0 Å². The molecule has 0 unspecified atom stereocenters. The van der Waals surface area contributed by atoms with Gasteiger partial charge in [0.15, 0.2) is 9.04 Å². The van der Waals surface area contributed by atoms with Gasteiger partial charge in [-0.05, 0) is 248 Å². The van der Waals surface area contributed by atoms with Crippen molar-refractivity contribution in [2.24, 2.45) is 0 Å². The quantitative estimate of drug-likeness (QED) is 0.0329. The van der Waals surface area contributed by atoms with E-state index >= 15 is 0 Å². The van der Waals surface area contributed by atoms with Crippen LogP contribution in [-0.4, -0.2) is 171 Å². The SMILES string of the molecule is C=C[Si](C)(C)O[Si](O[Si](O[Si](O[Si](O[Si](O[Si](C)(C)O[Si](C)(C)O[Si](C)(C)O[Si](C)(C)O[Si](C)(C)O[Si](C)(C)O[Si](C)(C)O[Si](C)(C)O[Si](C)(C)O[Si](C)(C)O[Si](C)(C)O[Si](C)(C)O[Si](C)(C)O[SiH](C)C)(c1ccccc1)c1ccccc1)(c1ccccc1)c1ccccc1)(c1ccccc1)c1ccccc1)(c1ccccc1)c1ccccc1)(c1ccccc1)c1ccccc1. The van der Waals surface area contributed by atoms with Crippen LogP contribution in [0.3, 0.4) is 0 Å². The summed E-state index contributed by atoms with van der Waals surface area (Å²) < 4.78 is 145. The van der Waals surface area contributed by atoms with Gasteiger partial charge in [-0.1, -0.05) is 309 Å². The van der Waals surface area contributed by atoms with Gasteiger partial charge in [-0.3, -0.25) is 0 Å². The Morgan fingerprint density at radius 1 is 0.160 bits per heavy atom. The van der Waals surface area contributed by atoms with E-state index in [1.807, 2.05) is 66.4 Å². The number of benzene rings is 10. The van der Waals surface area contributed by atoms with Gasteiger partial charge in [-0.25, -0.2) is 0 Å². The smallest absolute Gasteiger partial charge is 0.390 e. The van der Waals surface area contributed by atoms with Crippen LogP contribution in [0.25, 0.3) is 0 Å². The van der Waals surface area contributed by atoms with Crippen molar-refractivity contribution < 1.29 is 78.2 Å². The largest absolute Gasteiger partial charge is 0.440 e. The van der Waals surface area contributed by atoms with E-state index < -0.39 is 171 Å². The molecule has 10 aromatic carbocycles. The number of rotatable bonds is 49. The number of hydrogen-bond donors (Lipinski definition) is 0. The first-order valence-electron chi connectivity index (χ1n) is 45.2. The molecule has 0 aromatic heterocycles. The van der Waals surface area contributed by atoms with Crippen molar-refractivity contribution in [2.45, 2.75) is 196 Å². The molecule has 706 valence electrons. The molecule has 39 heteroatoms. The second kappa shape index (κ2) is 43.1. The van der Waals surface area contributed by atoms with Crippen LogP contribution in [0.4, 0.5) is 0 Å². The molecule has 10 aromatic rings. The van der Waals surface area contributed by atoms with E-state index in [9.17, 15) is 8.23 Å². The van der Waals surface area contributed by atoms with E-state index in [0.717, 1.165) is 51.9 Å². The second-order valence-electron chi connectivity index (χ2n) is 39.8. The van der Waals surface area contributed by atoms with Crippen LogP contribution in [0.15, 0.2) is 316 Å². The predicted molar refractivity (Wildman–Crippen MR) is 584 cm³/mol. The van der Waals surface area contributed by atoms with Gasteiger partial charge in [0, 0.05) is 0 Å². The monoisotopic (exact) mass is 2110 g/mol. The maximum Gasteiger partial charge on any atom is 0.390 e. The molecule has 131 heavy (non-hydrogen) atoms. The van der Waals surface area contributed by atoms with Gasteiger partial charge in [-0.15, -0.1) is 6.58 Å². The Balaban J connectivity index is 1.01. The van der Waals surface area contributed by atoms with Gasteiger partial charge in [0.05, 0.1) is 0 Å². The lowest BCUT2D eigenvalue weighted by molar-refractivity contribution is 0.250.